The topological polar surface area (TPSA) is 118 Å². The zero-order valence-corrected chi connectivity index (χ0v) is 56.8. The third kappa shape index (κ3) is 15.9. The molecule has 454 valence electrons. The molecule has 5 N–H and O–H groups in total. The highest BCUT2D eigenvalue weighted by atomic mass is 16.4. The van der Waals surface area contributed by atoms with Gasteiger partial charge in [0.15, 0.2) is 0 Å². The van der Waals surface area contributed by atoms with Gasteiger partial charge in [-0.05, 0) is 191 Å². The molecule has 0 saturated carbocycles. The first kappa shape index (κ1) is 69.0. The number of benzene rings is 4. The van der Waals surface area contributed by atoms with Crippen molar-refractivity contribution in [3.05, 3.63) is 115 Å². The van der Waals surface area contributed by atoms with Crippen molar-refractivity contribution in [3.8, 4) is 23.0 Å². The molecule has 0 bridgehead atoms. The van der Waals surface area contributed by atoms with Gasteiger partial charge in [0.05, 0.1) is 5.92 Å². The standard InChI is InChI=1S/C75H118O6/c1-29-45(49-34-53(67(5,6)7)62(76)54(35-49)68(8,9)10)33-61(66(80)81)75(42-46(30-2)50-36-55(69(11,12)13)63(77)56(37-50)70(14,15)16,43-47(31-3)51-38-57(71(17,18)19)64(78)58(39-51)72(20,21)22)44-48(32-4)52-40-59(73(23,24)25)65(79)60(41-52)74(26,27)28/h34-41,45-48,61,76-79H,29-33,42-44H2,1-28H3,(H,80,81). The van der Waals surface area contributed by atoms with E-state index in [1.165, 1.54) is 0 Å². The van der Waals surface area contributed by atoms with Crippen LogP contribution in [0.15, 0.2) is 48.5 Å². The molecule has 0 aromatic heterocycles. The fourth-order valence-electron chi connectivity index (χ4n) is 13.2. The van der Waals surface area contributed by atoms with Crippen molar-refractivity contribution in [1.29, 1.82) is 0 Å². The van der Waals surface area contributed by atoms with Gasteiger partial charge in [-0.2, -0.15) is 0 Å². The highest BCUT2D eigenvalue weighted by Gasteiger charge is 2.49. The minimum atomic E-state index is -0.872. The summed E-state index contributed by atoms with van der Waals surface area (Å²) in [5.41, 5.74) is 7.66. The van der Waals surface area contributed by atoms with Crippen LogP contribution in [0.3, 0.4) is 0 Å². The Labute approximate surface area is 495 Å². The minimum Gasteiger partial charge on any atom is -0.507 e. The number of carboxylic acids is 1. The number of rotatable bonds is 18. The molecule has 0 saturated heterocycles. The predicted molar refractivity (Wildman–Crippen MR) is 346 cm³/mol. The van der Waals surface area contributed by atoms with Crippen LogP contribution < -0.4 is 0 Å². The third-order valence-corrected chi connectivity index (χ3v) is 18.4. The van der Waals surface area contributed by atoms with E-state index < -0.39 is 17.3 Å². The Balaban J connectivity index is 2.38. The van der Waals surface area contributed by atoms with Crippen molar-refractivity contribution in [1.82, 2.24) is 0 Å². The highest BCUT2D eigenvalue weighted by molar-refractivity contribution is 5.71. The van der Waals surface area contributed by atoms with E-state index >= 15 is 4.79 Å². The molecule has 5 unspecified atom stereocenters. The molecule has 0 radical (unpaired) electrons. The molecule has 4 aromatic carbocycles. The summed E-state index contributed by atoms with van der Waals surface area (Å²) in [7, 11) is 0. The van der Waals surface area contributed by atoms with E-state index in [0.29, 0.717) is 55.1 Å². The van der Waals surface area contributed by atoms with Gasteiger partial charge < -0.3 is 25.5 Å². The van der Waals surface area contributed by atoms with Crippen LogP contribution in [-0.4, -0.2) is 31.5 Å². The van der Waals surface area contributed by atoms with Crippen LogP contribution in [0, 0.1) is 11.3 Å². The van der Waals surface area contributed by atoms with Gasteiger partial charge in [-0.25, -0.2) is 0 Å². The number of hydrogen-bond donors (Lipinski definition) is 5. The summed E-state index contributed by atoms with van der Waals surface area (Å²) < 4.78 is 0. The predicted octanol–water partition coefficient (Wildman–Crippen LogP) is 21.2. The number of aliphatic carboxylic acids is 1. The van der Waals surface area contributed by atoms with Crippen LogP contribution in [0.5, 0.6) is 23.0 Å². The van der Waals surface area contributed by atoms with Crippen LogP contribution in [-0.2, 0) is 48.1 Å². The molecule has 4 aromatic rings. The molecular weight excluding hydrogens is 997 g/mol. The van der Waals surface area contributed by atoms with E-state index in [1.54, 1.807) is 0 Å². The smallest absolute Gasteiger partial charge is 0.307 e. The van der Waals surface area contributed by atoms with Crippen LogP contribution in [0.1, 0.15) is 336 Å². The van der Waals surface area contributed by atoms with Gasteiger partial charge in [-0.15, -0.1) is 0 Å². The lowest BCUT2D eigenvalue weighted by molar-refractivity contribution is -0.149. The number of hydrogen-bond acceptors (Lipinski definition) is 5. The summed E-state index contributed by atoms with van der Waals surface area (Å²) in [5, 5.41) is 61.3. The van der Waals surface area contributed by atoms with Crippen LogP contribution in [0.25, 0.3) is 0 Å². The summed E-state index contributed by atoms with van der Waals surface area (Å²) in [6, 6.07) is 17.8. The molecule has 4 rings (SSSR count). The lowest BCUT2D eigenvalue weighted by atomic mass is 9.56. The first-order chi connectivity index (χ1) is 36.5. The average Bonchev–Trinajstić information content (AvgIpc) is 3.29. The van der Waals surface area contributed by atoms with Crippen molar-refractivity contribution in [2.45, 2.75) is 312 Å². The van der Waals surface area contributed by atoms with E-state index in [2.05, 4.69) is 242 Å². The number of carboxylic acid groups (broad SMARTS) is 1. The molecule has 0 aliphatic rings. The van der Waals surface area contributed by atoms with Crippen molar-refractivity contribution in [3.63, 3.8) is 0 Å². The summed E-state index contributed by atoms with van der Waals surface area (Å²) in [6.07, 6.45) is 5.06. The highest BCUT2D eigenvalue weighted by Crippen LogP contribution is 2.58. The lowest BCUT2D eigenvalue weighted by Crippen LogP contribution is -2.41. The Kier molecular flexibility index (Phi) is 20.7. The molecule has 0 heterocycles. The van der Waals surface area contributed by atoms with Crippen molar-refractivity contribution < 1.29 is 30.3 Å². The monoisotopic (exact) mass is 1110 g/mol. The van der Waals surface area contributed by atoms with Crippen molar-refractivity contribution in [2.24, 2.45) is 11.3 Å². The quantitative estimate of drug-likeness (QED) is 0.0677. The second kappa shape index (κ2) is 24.3. The lowest BCUT2D eigenvalue weighted by Gasteiger charge is -2.47. The normalized spacial score (nSPS) is 16.2. The van der Waals surface area contributed by atoms with E-state index in [1.807, 2.05) is 0 Å². The molecule has 6 nitrogen and oxygen atoms in total. The van der Waals surface area contributed by atoms with Gasteiger partial charge in [0.1, 0.15) is 23.0 Å². The molecule has 0 spiro atoms. The van der Waals surface area contributed by atoms with E-state index in [0.717, 1.165) is 86.0 Å². The minimum absolute atomic E-state index is 0.0939. The average molecular weight is 1120 g/mol. The number of phenolic OH excluding ortho intramolecular Hbond substituents is 4. The molecule has 81 heavy (non-hydrogen) atoms. The first-order valence-corrected chi connectivity index (χ1v) is 31.2. The van der Waals surface area contributed by atoms with Crippen LogP contribution in [0.2, 0.25) is 0 Å². The van der Waals surface area contributed by atoms with Crippen molar-refractivity contribution in [2.75, 3.05) is 0 Å². The second-order valence-corrected chi connectivity index (χ2v) is 33.4. The number of phenols is 4. The second-order valence-electron chi connectivity index (χ2n) is 33.4. The fourth-order valence-corrected chi connectivity index (χ4v) is 13.2. The molecular formula is C75H118O6. The Morgan fingerprint density at radius 3 is 0.617 bits per heavy atom. The zero-order valence-electron chi connectivity index (χ0n) is 56.8. The third-order valence-electron chi connectivity index (χ3n) is 18.4. The molecule has 0 fully saturated rings. The van der Waals surface area contributed by atoms with Crippen LogP contribution >= 0.6 is 0 Å². The van der Waals surface area contributed by atoms with E-state index in [9.17, 15) is 25.5 Å². The summed E-state index contributed by atoms with van der Waals surface area (Å²) in [5.74, 6) is -0.778. The van der Waals surface area contributed by atoms with Gasteiger partial charge >= 0.3 is 5.97 Å². The SMILES string of the molecule is CCC(CC(C(=O)O)C(CC(CC)c1cc(C(C)(C)C)c(O)c(C(C)(C)C)c1)(CC(CC)c1cc(C(C)(C)C)c(O)c(C(C)(C)C)c1)CC(CC)c1cc(C(C)(C)C)c(O)c(C(C)(C)C)c1)c1cc(C(C)(C)C)c(O)c(C(C)(C)C)c1. The summed E-state index contributed by atoms with van der Waals surface area (Å²) in [4.78, 5) is 15.5. The van der Waals surface area contributed by atoms with E-state index in [4.69, 9.17) is 0 Å². The molecule has 6 heteroatoms. The number of aromatic hydroxyl groups is 4. The molecule has 0 aliphatic heterocycles. The fraction of sp³-hybridized carbons (Fsp3) is 0.667. The largest absolute Gasteiger partial charge is 0.507 e. The molecule has 5 atom stereocenters. The Hall–Kier alpha value is -4.45. The van der Waals surface area contributed by atoms with Gasteiger partial charge in [-0.1, -0.05) is 242 Å². The maximum atomic E-state index is 15.5. The van der Waals surface area contributed by atoms with Gasteiger partial charge in [0.25, 0.3) is 0 Å². The summed E-state index contributed by atoms with van der Waals surface area (Å²) in [6.45, 7) is 60.8. The van der Waals surface area contributed by atoms with Gasteiger partial charge in [0, 0.05) is 0 Å². The molecule has 0 amide bonds. The maximum Gasteiger partial charge on any atom is 0.307 e. The first-order valence-electron chi connectivity index (χ1n) is 31.2. The Bertz CT molecular complexity index is 2460. The Morgan fingerprint density at radius 2 is 0.481 bits per heavy atom. The van der Waals surface area contributed by atoms with Gasteiger partial charge in [0.2, 0.25) is 0 Å². The Morgan fingerprint density at radius 1 is 0.321 bits per heavy atom. The van der Waals surface area contributed by atoms with E-state index in [-0.39, 0.29) is 67.0 Å². The molecule has 0 aliphatic carbocycles. The zero-order chi connectivity index (χ0) is 62.5. The number of carbonyl (C=O) groups is 1. The summed E-state index contributed by atoms with van der Waals surface area (Å²) >= 11 is 0. The van der Waals surface area contributed by atoms with Gasteiger partial charge in [-0.3, -0.25) is 4.79 Å². The van der Waals surface area contributed by atoms with Crippen LogP contribution in [0.4, 0.5) is 0 Å². The van der Waals surface area contributed by atoms with Crippen molar-refractivity contribution >= 4 is 5.97 Å². The maximum absolute atomic E-state index is 15.5.